The van der Waals surface area contributed by atoms with Gasteiger partial charge in [0.2, 0.25) is 0 Å². The van der Waals surface area contributed by atoms with Crippen LogP contribution in [0.5, 0.6) is 0 Å². The van der Waals surface area contributed by atoms with Gasteiger partial charge in [0.1, 0.15) is 0 Å². The van der Waals surface area contributed by atoms with Crippen LogP contribution in [0.1, 0.15) is 0 Å². The lowest BCUT2D eigenvalue weighted by Crippen LogP contribution is -2.42. The van der Waals surface area contributed by atoms with Crippen LogP contribution in [0.4, 0.5) is 0 Å². The van der Waals surface area contributed by atoms with E-state index in [4.69, 9.17) is 14.2 Å². The summed E-state index contributed by atoms with van der Waals surface area (Å²) in [6.07, 6.45) is 0.235. The smallest absolute Gasteiger partial charge is 0.0933 e. The van der Waals surface area contributed by atoms with Gasteiger partial charge in [0, 0.05) is 32.7 Å². The molecule has 2 heterocycles. The molecule has 0 bridgehead atoms. The second-order valence-electron chi connectivity index (χ2n) is 4.23. The lowest BCUT2D eigenvalue weighted by molar-refractivity contribution is -0.0394. The Labute approximate surface area is 97.0 Å². The molecule has 5 nitrogen and oxygen atoms in total. The number of morpholine rings is 2. The molecule has 0 saturated carbocycles. The molecule has 2 fully saturated rings. The van der Waals surface area contributed by atoms with Crippen LogP contribution in [0.2, 0.25) is 0 Å². The summed E-state index contributed by atoms with van der Waals surface area (Å²) in [4.78, 5) is 2.38. The minimum atomic E-state index is 0.235. The van der Waals surface area contributed by atoms with Crippen LogP contribution in [0.15, 0.2) is 0 Å². The summed E-state index contributed by atoms with van der Waals surface area (Å²) in [6, 6.07) is 0. The van der Waals surface area contributed by atoms with Gasteiger partial charge in [-0.3, -0.25) is 4.90 Å². The van der Waals surface area contributed by atoms with E-state index in [9.17, 15) is 0 Å². The Morgan fingerprint density at radius 2 is 2.12 bits per heavy atom. The molecule has 2 aliphatic rings. The predicted octanol–water partition coefficient (Wildman–Crippen LogP) is -0.676. The predicted molar refractivity (Wildman–Crippen MR) is 60.7 cm³/mol. The van der Waals surface area contributed by atoms with E-state index >= 15 is 0 Å². The van der Waals surface area contributed by atoms with Gasteiger partial charge in [-0.05, 0) is 0 Å². The molecule has 0 amide bonds. The minimum absolute atomic E-state index is 0.235. The molecule has 0 aliphatic carbocycles. The third-order valence-corrected chi connectivity index (χ3v) is 2.96. The van der Waals surface area contributed by atoms with Gasteiger partial charge in [0.15, 0.2) is 0 Å². The van der Waals surface area contributed by atoms with Crippen molar-refractivity contribution in [1.29, 1.82) is 0 Å². The summed E-state index contributed by atoms with van der Waals surface area (Å²) in [5.41, 5.74) is 0. The van der Waals surface area contributed by atoms with Crippen molar-refractivity contribution >= 4 is 0 Å². The Morgan fingerprint density at radius 3 is 2.88 bits per heavy atom. The summed E-state index contributed by atoms with van der Waals surface area (Å²) >= 11 is 0. The van der Waals surface area contributed by atoms with Crippen LogP contribution in [0.25, 0.3) is 0 Å². The van der Waals surface area contributed by atoms with Gasteiger partial charge in [-0.15, -0.1) is 0 Å². The summed E-state index contributed by atoms with van der Waals surface area (Å²) in [5.74, 6) is 0. The Bertz CT molecular complexity index is 160. The van der Waals surface area contributed by atoms with Gasteiger partial charge >= 0.3 is 0 Å². The second-order valence-corrected chi connectivity index (χ2v) is 4.23. The SMILES string of the molecule is C1COC(COCCN2CCOCC2)CN1. The first-order chi connectivity index (χ1) is 7.95. The maximum Gasteiger partial charge on any atom is 0.0933 e. The van der Waals surface area contributed by atoms with Gasteiger partial charge in [0.25, 0.3) is 0 Å². The van der Waals surface area contributed by atoms with E-state index in [-0.39, 0.29) is 6.10 Å². The van der Waals surface area contributed by atoms with E-state index in [0.29, 0.717) is 6.61 Å². The maximum atomic E-state index is 5.63. The van der Waals surface area contributed by atoms with E-state index in [2.05, 4.69) is 10.2 Å². The standard InChI is InChI=1S/C11H22N2O3/c1-5-16-11(9-12-1)10-15-8-4-13-2-6-14-7-3-13/h11-12H,1-10H2. The lowest BCUT2D eigenvalue weighted by Gasteiger charge is -2.27. The second kappa shape index (κ2) is 7.19. The molecule has 0 radical (unpaired) electrons. The Kier molecular flexibility index (Phi) is 5.51. The monoisotopic (exact) mass is 230 g/mol. The number of nitrogens with one attached hydrogen (secondary N) is 1. The Morgan fingerprint density at radius 1 is 1.25 bits per heavy atom. The van der Waals surface area contributed by atoms with Crippen molar-refractivity contribution in [2.45, 2.75) is 6.10 Å². The zero-order valence-corrected chi connectivity index (χ0v) is 9.82. The number of hydrogen-bond acceptors (Lipinski definition) is 5. The molecule has 16 heavy (non-hydrogen) atoms. The van der Waals surface area contributed by atoms with Gasteiger partial charge in [-0.2, -0.15) is 0 Å². The van der Waals surface area contributed by atoms with E-state index in [1.54, 1.807) is 0 Å². The van der Waals surface area contributed by atoms with E-state index in [0.717, 1.165) is 59.2 Å². The van der Waals surface area contributed by atoms with Gasteiger partial charge in [-0.1, -0.05) is 0 Å². The van der Waals surface area contributed by atoms with E-state index in [1.165, 1.54) is 0 Å². The maximum absolute atomic E-state index is 5.63. The zero-order valence-electron chi connectivity index (χ0n) is 9.82. The molecule has 2 aliphatic heterocycles. The molecule has 1 N–H and O–H groups in total. The molecular weight excluding hydrogens is 208 g/mol. The molecule has 0 aromatic rings. The highest BCUT2D eigenvalue weighted by molar-refractivity contribution is 4.66. The molecule has 1 unspecified atom stereocenters. The molecule has 0 aromatic carbocycles. The quantitative estimate of drug-likeness (QED) is 0.634. The minimum Gasteiger partial charge on any atom is -0.379 e. The lowest BCUT2D eigenvalue weighted by atomic mass is 10.3. The summed E-state index contributed by atoms with van der Waals surface area (Å²) in [7, 11) is 0. The highest BCUT2D eigenvalue weighted by atomic mass is 16.5. The normalized spacial score (nSPS) is 28.1. The third kappa shape index (κ3) is 4.35. The van der Waals surface area contributed by atoms with Crippen molar-refractivity contribution in [3.8, 4) is 0 Å². The van der Waals surface area contributed by atoms with Crippen molar-refractivity contribution in [2.24, 2.45) is 0 Å². The molecule has 0 aromatic heterocycles. The van der Waals surface area contributed by atoms with Gasteiger partial charge in [-0.25, -0.2) is 0 Å². The Balaban J connectivity index is 1.47. The molecule has 5 heteroatoms. The van der Waals surface area contributed by atoms with E-state index < -0.39 is 0 Å². The molecule has 1 atom stereocenters. The topological polar surface area (TPSA) is 43.0 Å². The van der Waals surface area contributed by atoms with Crippen LogP contribution in [-0.2, 0) is 14.2 Å². The highest BCUT2D eigenvalue weighted by Gasteiger charge is 2.14. The van der Waals surface area contributed by atoms with Crippen LogP contribution < -0.4 is 5.32 Å². The fourth-order valence-electron chi connectivity index (χ4n) is 1.96. The number of hydrogen-bond donors (Lipinski definition) is 1. The first kappa shape index (κ1) is 12.3. The first-order valence-electron chi connectivity index (χ1n) is 6.15. The molecule has 2 saturated heterocycles. The largest absolute Gasteiger partial charge is 0.379 e. The molecule has 0 spiro atoms. The van der Waals surface area contributed by atoms with Crippen LogP contribution in [0.3, 0.4) is 0 Å². The third-order valence-electron chi connectivity index (χ3n) is 2.96. The Hall–Kier alpha value is -0.200. The van der Waals surface area contributed by atoms with Crippen molar-refractivity contribution in [1.82, 2.24) is 10.2 Å². The van der Waals surface area contributed by atoms with Crippen molar-refractivity contribution < 1.29 is 14.2 Å². The van der Waals surface area contributed by atoms with E-state index in [1.807, 2.05) is 0 Å². The fraction of sp³-hybridized carbons (Fsp3) is 1.00. The molecule has 94 valence electrons. The fourth-order valence-corrected chi connectivity index (χ4v) is 1.96. The van der Waals surface area contributed by atoms with Crippen molar-refractivity contribution in [3.63, 3.8) is 0 Å². The van der Waals surface area contributed by atoms with Crippen LogP contribution in [-0.4, -0.2) is 76.8 Å². The van der Waals surface area contributed by atoms with Crippen molar-refractivity contribution in [3.05, 3.63) is 0 Å². The summed E-state index contributed by atoms with van der Waals surface area (Å²) in [5, 5.41) is 3.29. The highest BCUT2D eigenvalue weighted by Crippen LogP contribution is 1.99. The average Bonchev–Trinajstić information content (AvgIpc) is 2.37. The number of rotatable bonds is 5. The molecule has 2 rings (SSSR count). The van der Waals surface area contributed by atoms with Crippen LogP contribution >= 0.6 is 0 Å². The summed E-state index contributed by atoms with van der Waals surface area (Å²) < 4.78 is 16.5. The average molecular weight is 230 g/mol. The first-order valence-corrected chi connectivity index (χ1v) is 6.15. The molecular formula is C11H22N2O3. The summed E-state index contributed by atoms with van der Waals surface area (Å²) in [6.45, 7) is 8.96. The van der Waals surface area contributed by atoms with Gasteiger partial charge < -0.3 is 19.5 Å². The zero-order chi connectivity index (χ0) is 11.1. The van der Waals surface area contributed by atoms with Gasteiger partial charge in [0.05, 0.1) is 39.1 Å². The van der Waals surface area contributed by atoms with Crippen LogP contribution in [0, 0.1) is 0 Å². The number of nitrogens with zero attached hydrogens (tertiary/aromatic N) is 1. The number of ether oxygens (including phenoxy) is 3. The van der Waals surface area contributed by atoms with Crippen molar-refractivity contribution in [2.75, 3.05) is 65.8 Å².